The molecule has 0 aromatic carbocycles. The Bertz CT molecular complexity index is 488. The Morgan fingerprint density at radius 1 is 1.32 bits per heavy atom. The topological polar surface area (TPSA) is 74.8 Å². The summed E-state index contributed by atoms with van der Waals surface area (Å²) in [4.78, 5) is 27.5. The summed E-state index contributed by atoms with van der Waals surface area (Å²) in [6, 6.07) is -0.826. The molecule has 0 N–H and O–H groups in total. The fraction of sp³-hybridized carbons (Fsp3) is 0.833. The van der Waals surface area contributed by atoms with Crippen LogP contribution in [-0.2, 0) is 19.4 Å². The Balaban J connectivity index is 2.14. The molecular weight excluding hydrogens is 268 g/mol. The molecule has 0 bridgehead atoms. The predicted octanol–water partition coefficient (Wildman–Crippen LogP) is -0.357. The monoisotopic (exact) mass is 288 g/mol. The van der Waals surface area contributed by atoms with Gasteiger partial charge in [0, 0.05) is 18.8 Å². The number of carbonyl (C=O) groups is 2. The minimum atomic E-state index is -3.16. The molecule has 0 aromatic rings. The predicted molar refractivity (Wildman–Crippen MR) is 70.2 cm³/mol. The van der Waals surface area contributed by atoms with Crippen molar-refractivity contribution in [2.24, 2.45) is 0 Å². The average Bonchev–Trinajstić information content (AvgIpc) is 2.31. The highest BCUT2D eigenvalue weighted by molar-refractivity contribution is 7.90. The van der Waals surface area contributed by atoms with Gasteiger partial charge in [0.2, 0.25) is 11.8 Å². The molecule has 2 unspecified atom stereocenters. The van der Waals surface area contributed by atoms with Crippen LogP contribution in [0.15, 0.2) is 0 Å². The highest BCUT2D eigenvalue weighted by Crippen LogP contribution is 2.24. The standard InChI is InChI=1S/C12H20N2O4S/c1-9(8-19(2,17)18)14-7-11(15)13-6-4-3-5-10(13)12(14)16/h9-10H,3-8H2,1-2H3. The van der Waals surface area contributed by atoms with Crippen LogP contribution >= 0.6 is 0 Å². The van der Waals surface area contributed by atoms with E-state index >= 15 is 0 Å². The zero-order chi connectivity index (χ0) is 14.2. The van der Waals surface area contributed by atoms with E-state index in [0.29, 0.717) is 13.0 Å². The van der Waals surface area contributed by atoms with E-state index in [9.17, 15) is 18.0 Å². The number of carbonyl (C=O) groups excluding carboxylic acids is 2. The first kappa shape index (κ1) is 14.3. The lowest BCUT2D eigenvalue weighted by atomic mass is 9.97. The fourth-order valence-electron chi connectivity index (χ4n) is 2.89. The molecule has 108 valence electrons. The van der Waals surface area contributed by atoms with E-state index in [4.69, 9.17) is 0 Å². The van der Waals surface area contributed by atoms with E-state index < -0.39 is 15.9 Å². The van der Waals surface area contributed by atoms with Crippen molar-refractivity contribution in [2.45, 2.75) is 38.3 Å². The SMILES string of the molecule is CC(CS(C)(=O)=O)N1CC(=O)N2CCCCC2C1=O. The number of nitrogens with zero attached hydrogens (tertiary/aromatic N) is 2. The van der Waals surface area contributed by atoms with Crippen molar-refractivity contribution in [3.8, 4) is 0 Å². The molecule has 2 amide bonds. The van der Waals surface area contributed by atoms with Gasteiger partial charge in [-0.3, -0.25) is 9.59 Å². The summed E-state index contributed by atoms with van der Waals surface area (Å²) in [7, 11) is -3.16. The number of hydrogen-bond donors (Lipinski definition) is 0. The minimum Gasteiger partial charge on any atom is -0.329 e. The maximum Gasteiger partial charge on any atom is 0.246 e. The highest BCUT2D eigenvalue weighted by Gasteiger charge is 2.42. The van der Waals surface area contributed by atoms with Crippen LogP contribution in [-0.4, -0.2) is 67.2 Å². The van der Waals surface area contributed by atoms with Gasteiger partial charge in [0.1, 0.15) is 22.4 Å². The molecule has 0 radical (unpaired) electrons. The van der Waals surface area contributed by atoms with Gasteiger partial charge in [-0.2, -0.15) is 0 Å². The van der Waals surface area contributed by atoms with Crippen LogP contribution in [0.3, 0.4) is 0 Å². The van der Waals surface area contributed by atoms with Gasteiger partial charge in [-0.05, 0) is 26.2 Å². The van der Waals surface area contributed by atoms with Gasteiger partial charge in [-0.15, -0.1) is 0 Å². The Labute approximate surface area is 113 Å². The number of piperidine rings is 1. The number of amides is 2. The van der Waals surface area contributed by atoms with Gasteiger partial charge in [0.15, 0.2) is 0 Å². The summed E-state index contributed by atoms with van der Waals surface area (Å²) in [5.41, 5.74) is 0. The molecule has 2 rings (SSSR count). The summed E-state index contributed by atoms with van der Waals surface area (Å²) < 4.78 is 22.6. The summed E-state index contributed by atoms with van der Waals surface area (Å²) >= 11 is 0. The smallest absolute Gasteiger partial charge is 0.246 e. The van der Waals surface area contributed by atoms with Gasteiger partial charge in [0.25, 0.3) is 0 Å². The number of piperazine rings is 1. The normalized spacial score (nSPS) is 26.3. The summed E-state index contributed by atoms with van der Waals surface area (Å²) in [6.45, 7) is 2.33. The molecule has 19 heavy (non-hydrogen) atoms. The number of fused-ring (bicyclic) bond motifs is 1. The number of rotatable bonds is 3. The summed E-state index contributed by atoms with van der Waals surface area (Å²) in [5.74, 6) is -0.265. The molecule has 2 aliphatic rings. The quantitative estimate of drug-likeness (QED) is 0.711. The molecule has 2 saturated heterocycles. The first-order chi connectivity index (χ1) is 8.79. The van der Waals surface area contributed by atoms with Crippen LogP contribution in [0.1, 0.15) is 26.2 Å². The summed E-state index contributed by atoms with van der Waals surface area (Å²) in [6.07, 6.45) is 3.71. The second-order valence-electron chi connectivity index (χ2n) is 5.51. The average molecular weight is 288 g/mol. The largest absolute Gasteiger partial charge is 0.329 e. The molecule has 0 aromatic heterocycles. The van der Waals surface area contributed by atoms with E-state index in [-0.39, 0.29) is 30.2 Å². The molecule has 2 fully saturated rings. The van der Waals surface area contributed by atoms with Crippen molar-refractivity contribution in [1.82, 2.24) is 9.80 Å². The van der Waals surface area contributed by atoms with Crippen molar-refractivity contribution in [1.29, 1.82) is 0 Å². The molecule has 0 saturated carbocycles. The van der Waals surface area contributed by atoms with Gasteiger partial charge >= 0.3 is 0 Å². The molecule has 6 nitrogen and oxygen atoms in total. The van der Waals surface area contributed by atoms with Crippen LogP contribution in [0.2, 0.25) is 0 Å². The van der Waals surface area contributed by atoms with Crippen molar-refractivity contribution in [3.05, 3.63) is 0 Å². The Hall–Kier alpha value is -1.11. The minimum absolute atomic E-state index is 0.00597. The van der Waals surface area contributed by atoms with Crippen LogP contribution in [0.4, 0.5) is 0 Å². The number of sulfone groups is 1. The van der Waals surface area contributed by atoms with Gasteiger partial charge in [0.05, 0.1) is 5.75 Å². The Morgan fingerprint density at radius 2 is 2.00 bits per heavy atom. The van der Waals surface area contributed by atoms with E-state index in [1.165, 1.54) is 4.90 Å². The summed E-state index contributed by atoms with van der Waals surface area (Å²) in [5, 5.41) is 0. The second kappa shape index (κ2) is 5.11. The first-order valence-electron chi connectivity index (χ1n) is 6.57. The van der Waals surface area contributed by atoms with Crippen LogP contribution in [0.5, 0.6) is 0 Å². The van der Waals surface area contributed by atoms with Crippen LogP contribution in [0.25, 0.3) is 0 Å². The molecule has 2 aliphatic heterocycles. The van der Waals surface area contributed by atoms with Crippen LogP contribution in [0, 0.1) is 0 Å². The zero-order valence-corrected chi connectivity index (χ0v) is 12.1. The maximum atomic E-state index is 12.4. The van der Waals surface area contributed by atoms with Gasteiger partial charge in [-0.1, -0.05) is 0 Å². The van der Waals surface area contributed by atoms with E-state index in [1.54, 1.807) is 11.8 Å². The lowest BCUT2D eigenvalue weighted by Crippen LogP contribution is -2.63. The Morgan fingerprint density at radius 3 is 2.63 bits per heavy atom. The van der Waals surface area contributed by atoms with E-state index in [2.05, 4.69) is 0 Å². The van der Waals surface area contributed by atoms with E-state index in [0.717, 1.165) is 19.1 Å². The van der Waals surface area contributed by atoms with Crippen LogP contribution < -0.4 is 0 Å². The third kappa shape index (κ3) is 3.08. The lowest BCUT2D eigenvalue weighted by molar-refractivity contribution is -0.159. The highest BCUT2D eigenvalue weighted by atomic mass is 32.2. The third-order valence-electron chi connectivity index (χ3n) is 3.77. The molecule has 0 aliphatic carbocycles. The zero-order valence-electron chi connectivity index (χ0n) is 11.3. The lowest BCUT2D eigenvalue weighted by Gasteiger charge is -2.44. The van der Waals surface area contributed by atoms with Gasteiger partial charge in [-0.25, -0.2) is 8.42 Å². The molecule has 0 spiro atoms. The third-order valence-corrected chi connectivity index (χ3v) is 4.86. The first-order valence-corrected chi connectivity index (χ1v) is 8.63. The Kier molecular flexibility index (Phi) is 3.85. The number of hydrogen-bond acceptors (Lipinski definition) is 4. The molecule has 2 atom stereocenters. The maximum absolute atomic E-state index is 12.4. The molecular formula is C12H20N2O4S. The van der Waals surface area contributed by atoms with Crippen molar-refractivity contribution >= 4 is 21.7 Å². The van der Waals surface area contributed by atoms with Crippen molar-refractivity contribution < 1.29 is 18.0 Å². The second-order valence-corrected chi connectivity index (χ2v) is 7.69. The van der Waals surface area contributed by atoms with Crippen molar-refractivity contribution in [2.75, 3.05) is 25.1 Å². The van der Waals surface area contributed by atoms with E-state index in [1.807, 2.05) is 0 Å². The fourth-order valence-corrected chi connectivity index (χ4v) is 3.95. The molecule has 7 heteroatoms. The van der Waals surface area contributed by atoms with Crippen molar-refractivity contribution in [3.63, 3.8) is 0 Å². The molecule has 2 heterocycles. The van der Waals surface area contributed by atoms with Gasteiger partial charge < -0.3 is 9.80 Å².